The van der Waals surface area contributed by atoms with Crippen molar-refractivity contribution in [1.29, 1.82) is 0 Å². The van der Waals surface area contributed by atoms with Gasteiger partial charge in [-0.05, 0) is 24.5 Å². The number of nitrogens with zero attached hydrogens (tertiary/aromatic N) is 2. The number of phenols is 1. The van der Waals surface area contributed by atoms with Crippen LogP contribution in [-0.4, -0.2) is 48.8 Å². The average Bonchev–Trinajstić information content (AvgIpc) is 2.57. The fourth-order valence-electron chi connectivity index (χ4n) is 4.16. The molecule has 1 saturated heterocycles. The number of piperazine rings is 1. The summed E-state index contributed by atoms with van der Waals surface area (Å²) in [7, 11) is 0. The van der Waals surface area contributed by atoms with Gasteiger partial charge in [-0.25, -0.2) is 0 Å². The molecule has 0 radical (unpaired) electrons. The molecule has 0 aromatic heterocycles. The molecule has 0 amide bonds. The molecule has 1 aromatic rings. The summed E-state index contributed by atoms with van der Waals surface area (Å²) in [5.41, 5.74) is 7.37. The molecule has 1 saturated carbocycles. The fourth-order valence-corrected chi connectivity index (χ4v) is 4.16. The van der Waals surface area contributed by atoms with Crippen molar-refractivity contribution in [1.82, 2.24) is 4.90 Å². The summed E-state index contributed by atoms with van der Waals surface area (Å²) in [6.07, 6.45) is 8.18. The predicted octanol–water partition coefficient (Wildman–Crippen LogP) is 2.81. The van der Waals surface area contributed by atoms with E-state index in [9.17, 15) is 5.11 Å². The van der Waals surface area contributed by atoms with Gasteiger partial charge in [0.15, 0.2) is 0 Å². The minimum Gasteiger partial charge on any atom is -0.506 e. The summed E-state index contributed by atoms with van der Waals surface area (Å²) < 4.78 is 0. The number of nitrogens with two attached hydrogens (primary N) is 1. The average molecular weight is 317 g/mol. The summed E-state index contributed by atoms with van der Waals surface area (Å²) >= 11 is 0. The fraction of sp³-hybridized carbons (Fsp3) is 0.684. The second-order valence-corrected chi connectivity index (χ2v) is 7.28. The number of aromatic hydroxyl groups is 1. The van der Waals surface area contributed by atoms with Crippen LogP contribution in [-0.2, 0) is 0 Å². The van der Waals surface area contributed by atoms with E-state index in [-0.39, 0.29) is 0 Å². The first kappa shape index (κ1) is 16.6. The monoisotopic (exact) mass is 317 g/mol. The number of anilines is 1. The maximum atomic E-state index is 9.98. The Bertz CT molecular complexity index is 479. The van der Waals surface area contributed by atoms with Crippen molar-refractivity contribution in [3.05, 3.63) is 24.3 Å². The smallest absolute Gasteiger partial charge is 0.138 e. The molecule has 2 fully saturated rings. The highest BCUT2D eigenvalue weighted by Crippen LogP contribution is 2.28. The standard InChI is InChI=1S/C19H31N3O/c20-17(14-16-6-2-1-3-7-16)15-21-10-12-22(13-11-21)18-8-4-5-9-19(18)23/h4-5,8-9,16-17,23H,1-3,6-7,10-15,20H2/t17-/m1/s1. The summed E-state index contributed by atoms with van der Waals surface area (Å²) in [5.74, 6) is 1.25. The lowest BCUT2D eigenvalue weighted by Gasteiger charge is -2.37. The number of phenolic OH excluding ortho intramolecular Hbond substituents is 1. The van der Waals surface area contributed by atoms with Crippen LogP contribution in [0.25, 0.3) is 0 Å². The van der Waals surface area contributed by atoms with E-state index in [1.54, 1.807) is 6.07 Å². The van der Waals surface area contributed by atoms with E-state index >= 15 is 0 Å². The normalized spacial score (nSPS) is 22.2. The Hall–Kier alpha value is -1.26. The van der Waals surface area contributed by atoms with Crippen LogP contribution in [0.5, 0.6) is 5.75 Å². The first-order valence-electron chi connectivity index (χ1n) is 9.23. The third-order valence-electron chi connectivity index (χ3n) is 5.45. The van der Waals surface area contributed by atoms with Gasteiger partial charge in [-0.15, -0.1) is 0 Å². The number of benzene rings is 1. The Kier molecular flexibility index (Phi) is 5.79. The minimum atomic E-state index is 0.315. The molecule has 23 heavy (non-hydrogen) atoms. The molecule has 128 valence electrons. The predicted molar refractivity (Wildman–Crippen MR) is 95.9 cm³/mol. The molecule has 1 heterocycles. The Morgan fingerprint density at radius 2 is 1.74 bits per heavy atom. The molecule has 2 aliphatic rings. The van der Waals surface area contributed by atoms with E-state index in [1.807, 2.05) is 18.2 Å². The Morgan fingerprint density at radius 3 is 2.43 bits per heavy atom. The molecule has 0 unspecified atom stereocenters. The molecular formula is C19H31N3O. The second-order valence-electron chi connectivity index (χ2n) is 7.28. The highest BCUT2D eigenvalue weighted by molar-refractivity contribution is 5.57. The molecular weight excluding hydrogens is 286 g/mol. The lowest BCUT2D eigenvalue weighted by atomic mass is 9.85. The summed E-state index contributed by atoms with van der Waals surface area (Å²) in [4.78, 5) is 4.77. The maximum Gasteiger partial charge on any atom is 0.138 e. The van der Waals surface area contributed by atoms with Gasteiger partial charge in [0.25, 0.3) is 0 Å². The van der Waals surface area contributed by atoms with Gasteiger partial charge in [-0.2, -0.15) is 0 Å². The quantitative estimate of drug-likeness (QED) is 0.877. The highest BCUT2D eigenvalue weighted by atomic mass is 16.3. The zero-order valence-corrected chi connectivity index (χ0v) is 14.2. The third-order valence-corrected chi connectivity index (χ3v) is 5.45. The maximum absolute atomic E-state index is 9.98. The molecule has 1 atom stereocenters. The number of hydrogen-bond acceptors (Lipinski definition) is 4. The van der Waals surface area contributed by atoms with Crippen molar-refractivity contribution in [3.8, 4) is 5.75 Å². The van der Waals surface area contributed by atoms with Gasteiger partial charge >= 0.3 is 0 Å². The zero-order chi connectivity index (χ0) is 16.1. The molecule has 1 aliphatic carbocycles. The number of para-hydroxylation sites is 2. The van der Waals surface area contributed by atoms with Crippen LogP contribution in [0.1, 0.15) is 38.5 Å². The Balaban J connectivity index is 1.43. The molecule has 4 heteroatoms. The first-order valence-corrected chi connectivity index (χ1v) is 9.23. The summed E-state index contributed by atoms with van der Waals surface area (Å²) in [5, 5.41) is 9.98. The van der Waals surface area contributed by atoms with Crippen molar-refractivity contribution in [2.75, 3.05) is 37.6 Å². The molecule has 0 bridgehead atoms. The van der Waals surface area contributed by atoms with Crippen molar-refractivity contribution < 1.29 is 5.11 Å². The van der Waals surface area contributed by atoms with Gasteiger partial charge in [-0.3, -0.25) is 4.90 Å². The SMILES string of the molecule is N[C@H](CC1CCCCC1)CN1CCN(c2ccccc2O)CC1. The lowest BCUT2D eigenvalue weighted by Crippen LogP contribution is -2.50. The highest BCUT2D eigenvalue weighted by Gasteiger charge is 2.22. The molecule has 0 spiro atoms. The van der Waals surface area contributed by atoms with Gasteiger partial charge in [0.1, 0.15) is 5.75 Å². The molecule has 3 rings (SSSR count). The molecule has 1 aliphatic heterocycles. The van der Waals surface area contributed by atoms with Crippen LogP contribution in [0.4, 0.5) is 5.69 Å². The first-order chi connectivity index (χ1) is 11.2. The number of hydrogen-bond donors (Lipinski definition) is 2. The summed E-state index contributed by atoms with van der Waals surface area (Å²) in [6, 6.07) is 7.94. The molecule has 4 nitrogen and oxygen atoms in total. The minimum absolute atomic E-state index is 0.315. The molecule has 3 N–H and O–H groups in total. The Labute approximate surface area is 140 Å². The van der Waals surface area contributed by atoms with Crippen LogP contribution in [0.15, 0.2) is 24.3 Å². The summed E-state index contributed by atoms with van der Waals surface area (Å²) in [6.45, 7) is 5.02. The van der Waals surface area contributed by atoms with Gasteiger partial charge in [0.05, 0.1) is 5.69 Å². The lowest BCUT2D eigenvalue weighted by molar-refractivity contribution is 0.220. The van der Waals surface area contributed by atoms with E-state index in [1.165, 1.54) is 38.5 Å². The van der Waals surface area contributed by atoms with E-state index in [0.717, 1.165) is 44.3 Å². The van der Waals surface area contributed by atoms with E-state index in [0.29, 0.717) is 11.8 Å². The van der Waals surface area contributed by atoms with Crippen LogP contribution in [0.2, 0.25) is 0 Å². The molecule has 1 aromatic carbocycles. The largest absolute Gasteiger partial charge is 0.506 e. The second kappa shape index (κ2) is 8.02. The van der Waals surface area contributed by atoms with Crippen molar-refractivity contribution in [2.24, 2.45) is 11.7 Å². The zero-order valence-electron chi connectivity index (χ0n) is 14.2. The van der Waals surface area contributed by atoms with Crippen LogP contribution in [0.3, 0.4) is 0 Å². The van der Waals surface area contributed by atoms with E-state index in [4.69, 9.17) is 5.73 Å². The van der Waals surface area contributed by atoms with Gasteiger partial charge < -0.3 is 15.7 Å². The van der Waals surface area contributed by atoms with Crippen LogP contribution >= 0.6 is 0 Å². The van der Waals surface area contributed by atoms with E-state index in [2.05, 4.69) is 9.80 Å². The van der Waals surface area contributed by atoms with Gasteiger partial charge in [0, 0.05) is 38.8 Å². The van der Waals surface area contributed by atoms with Gasteiger partial charge in [0.2, 0.25) is 0 Å². The van der Waals surface area contributed by atoms with Crippen molar-refractivity contribution >= 4 is 5.69 Å². The van der Waals surface area contributed by atoms with Gasteiger partial charge in [-0.1, -0.05) is 44.2 Å². The van der Waals surface area contributed by atoms with Crippen molar-refractivity contribution in [3.63, 3.8) is 0 Å². The Morgan fingerprint density at radius 1 is 1.04 bits per heavy atom. The van der Waals surface area contributed by atoms with Crippen LogP contribution in [0, 0.1) is 5.92 Å². The van der Waals surface area contributed by atoms with Crippen LogP contribution < -0.4 is 10.6 Å². The third kappa shape index (κ3) is 4.61. The van der Waals surface area contributed by atoms with Crippen molar-refractivity contribution in [2.45, 2.75) is 44.6 Å². The topological polar surface area (TPSA) is 52.7 Å². The van der Waals surface area contributed by atoms with E-state index < -0.39 is 0 Å². The number of rotatable bonds is 5.